The number of carbonyl (C=O) groups is 1. The van der Waals surface area contributed by atoms with Crippen LogP contribution in [0.5, 0.6) is 0 Å². The number of aryl methyl sites for hydroxylation is 1. The van der Waals surface area contributed by atoms with Crippen LogP contribution in [-0.4, -0.2) is 25.1 Å². The van der Waals surface area contributed by atoms with Crippen molar-refractivity contribution >= 4 is 28.0 Å². The molecule has 0 spiro atoms. The molecule has 5 heteroatoms. The topological polar surface area (TPSA) is 51.2 Å². The van der Waals surface area contributed by atoms with Gasteiger partial charge in [-0.2, -0.15) is 0 Å². The number of benzene rings is 1. The van der Waals surface area contributed by atoms with Gasteiger partial charge < -0.3 is 10.1 Å². The van der Waals surface area contributed by atoms with Crippen LogP contribution in [0.25, 0.3) is 16.8 Å². The van der Waals surface area contributed by atoms with Crippen LogP contribution < -0.4 is 5.32 Å². The predicted octanol–water partition coefficient (Wildman–Crippen LogP) is 3.74. The van der Waals surface area contributed by atoms with Gasteiger partial charge in [-0.05, 0) is 25.0 Å². The molecule has 0 unspecified atom stereocenters. The van der Waals surface area contributed by atoms with E-state index in [1.165, 1.54) is 24.5 Å². The van der Waals surface area contributed by atoms with Crippen LogP contribution in [0.15, 0.2) is 30.3 Å². The molecule has 0 amide bonds. The first-order valence-electron chi connectivity index (χ1n) is 6.58. The molecule has 1 N–H and O–H groups in total. The van der Waals surface area contributed by atoms with Gasteiger partial charge in [0.05, 0.1) is 17.7 Å². The van der Waals surface area contributed by atoms with E-state index in [1.807, 2.05) is 32.2 Å². The number of aromatic nitrogens is 1. The van der Waals surface area contributed by atoms with Crippen molar-refractivity contribution in [3.8, 4) is 11.3 Å². The zero-order valence-electron chi connectivity index (χ0n) is 12.6. The summed E-state index contributed by atoms with van der Waals surface area (Å²) in [7, 11) is 3.21. The summed E-state index contributed by atoms with van der Waals surface area (Å²) in [6.45, 7) is 3.95. The maximum absolute atomic E-state index is 11.5. The summed E-state index contributed by atoms with van der Waals surface area (Å²) >= 11 is 1.53. The number of hydrogen-bond acceptors (Lipinski definition) is 5. The molecule has 1 aromatic heterocycles. The number of rotatable bonds is 4. The maximum atomic E-state index is 11.5. The van der Waals surface area contributed by atoms with Gasteiger partial charge in [-0.1, -0.05) is 35.6 Å². The normalized spacial score (nSPS) is 11.3. The molecular formula is C16H18N2O2S. The van der Waals surface area contributed by atoms with Crippen molar-refractivity contribution in [3.63, 3.8) is 0 Å². The van der Waals surface area contributed by atoms with E-state index in [-0.39, 0.29) is 5.97 Å². The fourth-order valence-electron chi connectivity index (χ4n) is 2.02. The Morgan fingerprint density at radius 2 is 2.10 bits per heavy atom. The van der Waals surface area contributed by atoms with Crippen LogP contribution in [0, 0.1) is 6.92 Å². The average molecular weight is 302 g/mol. The molecule has 2 rings (SSSR count). The summed E-state index contributed by atoms with van der Waals surface area (Å²) in [6, 6.07) is 8.08. The largest absolute Gasteiger partial charge is 0.466 e. The van der Waals surface area contributed by atoms with Crippen molar-refractivity contribution in [1.29, 1.82) is 0 Å². The van der Waals surface area contributed by atoms with Gasteiger partial charge in [0.15, 0.2) is 5.13 Å². The Morgan fingerprint density at radius 3 is 2.71 bits per heavy atom. The van der Waals surface area contributed by atoms with Crippen molar-refractivity contribution < 1.29 is 9.53 Å². The number of allylic oxidation sites excluding steroid dienone is 1. The second-order valence-electron chi connectivity index (χ2n) is 4.61. The van der Waals surface area contributed by atoms with Gasteiger partial charge >= 0.3 is 5.97 Å². The molecular weight excluding hydrogens is 284 g/mol. The number of methoxy groups -OCH3 is 1. The smallest absolute Gasteiger partial charge is 0.330 e. The number of ether oxygens (including phenoxy) is 1. The third-order valence-electron chi connectivity index (χ3n) is 3.13. The first-order valence-corrected chi connectivity index (χ1v) is 7.39. The molecule has 0 fully saturated rings. The molecule has 0 atom stereocenters. The molecule has 0 saturated heterocycles. The highest BCUT2D eigenvalue weighted by atomic mass is 32.1. The lowest BCUT2D eigenvalue weighted by Gasteiger charge is -2.05. The quantitative estimate of drug-likeness (QED) is 0.690. The third-order valence-corrected chi connectivity index (χ3v) is 4.34. The Labute approximate surface area is 128 Å². The van der Waals surface area contributed by atoms with E-state index in [9.17, 15) is 4.79 Å². The number of nitrogens with one attached hydrogen (secondary N) is 1. The van der Waals surface area contributed by atoms with Crippen LogP contribution in [0.4, 0.5) is 5.13 Å². The number of hydrogen-bond donors (Lipinski definition) is 1. The molecule has 0 saturated carbocycles. The maximum Gasteiger partial charge on any atom is 0.330 e. The van der Waals surface area contributed by atoms with Crippen LogP contribution in [0.2, 0.25) is 0 Å². The lowest BCUT2D eigenvalue weighted by atomic mass is 10.0. The molecule has 0 radical (unpaired) electrons. The molecule has 0 bridgehead atoms. The second kappa shape index (κ2) is 6.54. The minimum Gasteiger partial charge on any atom is -0.466 e. The van der Waals surface area contributed by atoms with Crippen LogP contribution in [0.1, 0.15) is 17.4 Å². The number of thiazole rings is 1. The van der Waals surface area contributed by atoms with Gasteiger partial charge in [0.25, 0.3) is 0 Å². The summed E-state index contributed by atoms with van der Waals surface area (Å²) in [4.78, 5) is 17.1. The van der Waals surface area contributed by atoms with E-state index in [1.54, 1.807) is 0 Å². The first-order chi connectivity index (χ1) is 10.1. The van der Waals surface area contributed by atoms with Gasteiger partial charge in [-0.3, -0.25) is 0 Å². The molecule has 110 valence electrons. The Kier molecular flexibility index (Phi) is 4.75. The predicted molar refractivity (Wildman–Crippen MR) is 87.5 cm³/mol. The van der Waals surface area contributed by atoms with E-state index in [0.29, 0.717) is 0 Å². The molecule has 0 aliphatic rings. The fraction of sp³-hybridized carbons (Fsp3) is 0.250. The van der Waals surface area contributed by atoms with E-state index in [0.717, 1.165) is 32.4 Å². The summed E-state index contributed by atoms with van der Waals surface area (Å²) < 4.78 is 4.70. The second-order valence-corrected chi connectivity index (χ2v) is 5.61. The number of carbonyl (C=O) groups excluding carboxylic acids is 1. The van der Waals surface area contributed by atoms with E-state index >= 15 is 0 Å². The number of nitrogens with zero attached hydrogens (tertiary/aromatic N) is 1. The van der Waals surface area contributed by atoms with Crippen molar-refractivity contribution in [2.75, 3.05) is 19.5 Å². The van der Waals surface area contributed by atoms with Gasteiger partial charge in [-0.25, -0.2) is 9.78 Å². The lowest BCUT2D eigenvalue weighted by molar-refractivity contribution is -0.134. The summed E-state index contributed by atoms with van der Waals surface area (Å²) in [6.07, 6.45) is 1.49. The molecule has 0 aliphatic carbocycles. The van der Waals surface area contributed by atoms with Crippen LogP contribution in [0.3, 0.4) is 0 Å². The summed E-state index contributed by atoms with van der Waals surface area (Å²) in [5.74, 6) is -0.359. The monoisotopic (exact) mass is 302 g/mol. The van der Waals surface area contributed by atoms with E-state index in [2.05, 4.69) is 23.3 Å². The SMILES string of the molecule is CNc1nc(-c2ccccc2C)c(/C(C)=C/C(=O)OC)s1. The lowest BCUT2D eigenvalue weighted by Crippen LogP contribution is -1.96. The first kappa shape index (κ1) is 15.3. The van der Waals surface area contributed by atoms with Crippen molar-refractivity contribution in [2.24, 2.45) is 0 Å². The van der Waals surface area contributed by atoms with Crippen molar-refractivity contribution in [3.05, 3.63) is 40.8 Å². The summed E-state index contributed by atoms with van der Waals surface area (Å²) in [5.41, 5.74) is 3.96. The minimum atomic E-state index is -0.359. The van der Waals surface area contributed by atoms with Gasteiger partial charge in [0.1, 0.15) is 0 Å². The van der Waals surface area contributed by atoms with E-state index in [4.69, 9.17) is 4.74 Å². The van der Waals surface area contributed by atoms with E-state index < -0.39 is 0 Å². The van der Waals surface area contributed by atoms with Gasteiger partial charge in [0.2, 0.25) is 0 Å². The Bertz CT molecular complexity index is 689. The third kappa shape index (κ3) is 3.31. The molecule has 0 aliphatic heterocycles. The Hall–Kier alpha value is -2.14. The molecule has 4 nitrogen and oxygen atoms in total. The zero-order valence-corrected chi connectivity index (χ0v) is 13.4. The highest BCUT2D eigenvalue weighted by molar-refractivity contribution is 7.17. The van der Waals surface area contributed by atoms with Gasteiger partial charge in [-0.15, -0.1) is 0 Å². The Morgan fingerprint density at radius 1 is 1.38 bits per heavy atom. The highest BCUT2D eigenvalue weighted by Gasteiger charge is 2.16. The molecule has 21 heavy (non-hydrogen) atoms. The fourth-order valence-corrected chi connectivity index (χ4v) is 2.92. The minimum absolute atomic E-state index is 0.359. The average Bonchev–Trinajstić information content (AvgIpc) is 2.91. The molecule has 1 heterocycles. The van der Waals surface area contributed by atoms with Crippen molar-refractivity contribution in [1.82, 2.24) is 4.98 Å². The number of anilines is 1. The zero-order chi connectivity index (χ0) is 15.4. The van der Waals surface area contributed by atoms with Crippen molar-refractivity contribution in [2.45, 2.75) is 13.8 Å². The standard InChI is InChI=1S/C16H18N2O2S/c1-10-7-5-6-8-12(10)14-15(21-16(17-3)18-14)11(2)9-13(19)20-4/h5-9H,1-4H3,(H,17,18)/b11-9+. The number of esters is 1. The Balaban J connectivity index is 2.57. The highest BCUT2D eigenvalue weighted by Crippen LogP contribution is 2.37. The van der Waals surface area contributed by atoms with Crippen LogP contribution in [-0.2, 0) is 9.53 Å². The molecule has 1 aromatic carbocycles. The summed E-state index contributed by atoms with van der Waals surface area (Å²) in [5, 5.41) is 3.88. The van der Waals surface area contributed by atoms with Crippen LogP contribution >= 0.6 is 11.3 Å². The molecule has 2 aromatic rings. The van der Waals surface area contributed by atoms with Gasteiger partial charge in [0, 0.05) is 18.7 Å².